The lowest BCUT2D eigenvalue weighted by molar-refractivity contribution is 0.0428. The summed E-state index contributed by atoms with van der Waals surface area (Å²) < 4.78 is 9.15. The smallest absolute Gasteiger partial charge is 0.434 e. The Hall–Kier alpha value is -0.770. The summed E-state index contributed by atoms with van der Waals surface area (Å²) in [6.07, 6.45) is -0.690. The van der Waals surface area contributed by atoms with Gasteiger partial charge in [0.1, 0.15) is 6.73 Å². The fraction of sp³-hybridized carbons (Fsp3) is 0.875. The van der Waals surface area contributed by atoms with Crippen molar-refractivity contribution in [2.45, 2.75) is 20.8 Å². The van der Waals surface area contributed by atoms with Gasteiger partial charge in [-0.2, -0.15) is 0 Å². The molecule has 72 valence electrons. The van der Waals surface area contributed by atoms with Crippen molar-refractivity contribution in [3.8, 4) is 0 Å². The molecule has 4 nitrogen and oxygen atoms in total. The second-order valence-electron chi connectivity index (χ2n) is 3.09. The molecule has 0 radical (unpaired) electrons. The number of hydrogen-bond donors (Lipinski definition) is 1. The van der Waals surface area contributed by atoms with E-state index in [-0.39, 0.29) is 6.73 Å². The quantitative estimate of drug-likeness (QED) is 0.517. The molecule has 0 amide bonds. The lowest BCUT2D eigenvalue weighted by Gasteiger charge is -2.14. The van der Waals surface area contributed by atoms with Crippen LogP contribution in [0.2, 0.25) is 0 Å². The van der Waals surface area contributed by atoms with Crippen LogP contribution in [0.25, 0.3) is 0 Å². The first-order valence-electron chi connectivity index (χ1n) is 4.07. The zero-order valence-electron chi connectivity index (χ0n) is 7.87. The zero-order chi connectivity index (χ0) is 9.56. The lowest BCUT2D eigenvalue weighted by Crippen LogP contribution is -2.18. The van der Waals surface area contributed by atoms with Gasteiger partial charge in [-0.25, -0.2) is 4.79 Å². The summed E-state index contributed by atoms with van der Waals surface area (Å²) in [6.45, 7) is 6.41. The van der Waals surface area contributed by atoms with E-state index in [1.165, 1.54) is 0 Å². The van der Waals surface area contributed by atoms with Crippen molar-refractivity contribution in [1.82, 2.24) is 0 Å². The second kappa shape index (κ2) is 5.83. The number of ether oxygens (including phenoxy) is 2. The molecular formula is C8H17NO3. The predicted octanol–water partition coefficient (Wildman–Crippen LogP) is 1.35. The maximum absolute atomic E-state index is 10.6. The van der Waals surface area contributed by atoms with E-state index in [9.17, 15) is 4.79 Å². The molecule has 0 aromatic carbocycles. The Kier molecular flexibility index (Phi) is 5.45. The number of hydrogen-bond acceptors (Lipinski definition) is 4. The van der Waals surface area contributed by atoms with Crippen LogP contribution in [0.5, 0.6) is 0 Å². The highest BCUT2D eigenvalue weighted by molar-refractivity contribution is 5.59. The molecule has 2 N–H and O–H groups in total. The highest BCUT2D eigenvalue weighted by Gasteiger charge is 2.10. The first kappa shape index (κ1) is 11.2. The molecule has 0 aliphatic heterocycles. The van der Waals surface area contributed by atoms with Crippen molar-refractivity contribution in [3.05, 3.63) is 0 Å². The van der Waals surface area contributed by atoms with Crippen molar-refractivity contribution < 1.29 is 14.3 Å². The fourth-order valence-corrected chi connectivity index (χ4v) is 0.502. The van der Waals surface area contributed by atoms with Crippen LogP contribution in [0.3, 0.4) is 0 Å². The summed E-state index contributed by atoms with van der Waals surface area (Å²) in [7, 11) is 0. The summed E-state index contributed by atoms with van der Waals surface area (Å²) in [6, 6.07) is 0. The molecule has 0 aliphatic carbocycles. The molecular weight excluding hydrogens is 158 g/mol. The molecule has 0 rings (SSSR count). The molecule has 0 bridgehead atoms. The Labute approximate surface area is 73.0 Å². The summed E-state index contributed by atoms with van der Waals surface area (Å²) >= 11 is 0. The van der Waals surface area contributed by atoms with Gasteiger partial charge >= 0.3 is 6.16 Å². The van der Waals surface area contributed by atoms with Crippen molar-refractivity contribution in [1.29, 1.82) is 0 Å². The second-order valence-corrected chi connectivity index (χ2v) is 3.09. The van der Waals surface area contributed by atoms with Crippen molar-refractivity contribution in [2.75, 3.05) is 13.3 Å². The lowest BCUT2D eigenvalue weighted by atomic mass is 10.00. The van der Waals surface area contributed by atoms with Crippen LogP contribution in [-0.4, -0.2) is 19.5 Å². The fourth-order valence-electron chi connectivity index (χ4n) is 0.502. The van der Waals surface area contributed by atoms with E-state index >= 15 is 0 Å². The summed E-state index contributed by atoms with van der Waals surface area (Å²) in [4.78, 5) is 10.6. The maximum Gasteiger partial charge on any atom is 0.509 e. The largest absolute Gasteiger partial charge is 0.509 e. The molecule has 1 unspecified atom stereocenters. The molecule has 4 heteroatoms. The summed E-state index contributed by atoms with van der Waals surface area (Å²) in [5.74, 6) is 0.839. The van der Waals surface area contributed by atoms with Crippen LogP contribution in [-0.2, 0) is 9.47 Å². The van der Waals surface area contributed by atoms with Gasteiger partial charge in [-0.3, -0.25) is 5.73 Å². The molecule has 0 saturated carbocycles. The predicted molar refractivity (Wildman–Crippen MR) is 45.5 cm³/mol. The van der Waals surface area contributed by atoms with E-state index in [1.807, 2.05) is 6.92 Å². The standard InChI is InChI=1S/C8H17NO3/c1-6(2)7(3)4-11-8(10)12-5-9/h6-7H,4-5,9H2,1-3H3. The molecule has 0 saturated heterocycles. The monoisotopic (exact) mass is 175 g/mol. The summed E-state index contributed by atoms with van der Waals surface area (Å²) in [5.41, 5.74) is 4.97. The van der Waals surface area contributed by atoms with Crippen LogP contribution in [0, 0.1) is 11.8 Å². The number of nitrogens with two attached hydrogens (primary N) is 1. The van der Waals surface area contributed by atoms with Gasteiger partial charge in [-0.15, -0.1) is 0 Å². The molecule has 12 heavy (non-hydrogen) atoms. The molecule has 0 fully saturated rings. The Balaban J connectivity index is 3.47. The first-order chi connectivity index (χ1) is 5.57. The highest BCUT2D eigenvalue weighted by Crippen LogP contribution is 2.09. The Bertz CT molecular complexity index is 136. The Morgan fingerprint density at radius 2 is 1.92 bits per heavy atom. The first-order valence-corrected chi connectivity index (χ1v) is 4.07. The normalized spacial score (nSPS) is 12.8. The van der Waals surface area contributed by atoms with Crippen LogP contribution in [0.1, 0.15) is 20.8 Å². The van der Waals surface area contributed by atoms with Crippen molar-refractivity contribution >= 4 is 6.16 Å². The minimum atomic E-state index is -0.690. The third-order valence-electron chi connectivity index (χ3n) is 1.80. The molecule has 1 atom stereocenters. The van der Waals surface area contributed by atoms with Gasteiger partial charge in [-0.1, -0.05) is 20.8 Å². The zero-order valence-corrected chi connectivity index (χ0v) is 7.87. The van der Waals surface area contributed by atoms with Gasteiger partial charge in [0.2, 0.25) is 0 Å². The van der Waals surface area contributed by atoms with Crippen LogP contribution in [0.4, 0.5) is 4.79 Å². The van der Waals surface area contributed by atoms with Crippen molar-refractivity contribution in [2.24, 2.45) is 17.6 Å². The average Bonchev–Trinajstić information content (AvgIpc) is 2.00. The van der Waals surface area contributed by atoms with E-state index in [4.69, 9.17) is 10.5 Å². The summed E-state index contributed by atoms with van der Waals surface area (Å²) in [5, 5.41) is 0. The van der Waals surface area contributed by atoms with Gasteiger partial charge in [0.05, 0.1) is 6.61 Å². The third kappa shape index (κ3) is 4.96. The minimum absolute atomic E-state index is 0.130. The molecule has 0 aliphatic rings. The average molecular weight is 175 g/mol. The highest BCUT2D eigenvalue weighted by atomic mass is 16.7. The minimum Gasteiger partial charge on any atom is -0.434 e. The van der Waals surface area contributed by atoms with E-state index in [0.29, 0.717) is 18.4 Å². The maximum atomic E-state index is 10.6. The molecule has 0 aromatic rings. The Morgan fingerprint density at radius 1 is 1.33 bits per heavy atom. The number of carbonyl (C=O) groups excluding carboxylic acids is 1. The molecule has 0 spiro atoms. The molecule has 0 aromatic heterocycles. The van der Waals surface area contributed by atoms with Crippen molar-refractivity contribution in [3.63, 3.8) is 0 Å². The van der Waals surface area contributed by atoms with E-state index in [2.05, 4.69) is 18.6 Å². The van der Waals surface area contributed by atoms with E-state index < -0.39 is 6.16 Å². The third-order valence-corrected chi connectivity index (χ3v) is 1.80. The van der Waals surface area contributed by atoms with Gasteiger partial charge in [-0.05, 0) is 11.8 Å². The van der Waals surface area contributed by atoms with Crippen LogP contribution >= 0.6 is 0 Å². The van der Waals surface area contributed by atoms with Gasteiger partial charge in [0, 0.05) is 0 Å². The topological polar surface area (TPSA) is 61.5 Å². The van der Waals surface area contributed by atoms with E-state index in [1.54, 1.807) is 0 Å². The van der Waals surface area contributed by atoms with Gasteiger partial charge in [0.15, 0.2) is 0 Å². The van der Waals surface area contributed by atoms with Gasteiger partial charge in [0.25, 0.3) is 0 Å². The van der Waals surface area contributed by atoms with Crippen LogP contribution < -0.4 is 5.73 Å². The Morgan fingerprint density at radius 3 is 2.33 bits per heavy atom. The van der Waals surface area contributed by atoms with E-state index in [0.717, 1.165) is 0 Å². The van der Waals surface area contributed by atoms with Gasteiger partial charge < -0.3 is 9.47 Å². The number of carbonyl (C=O) groups is 1. The molecule has 0 heterocycles. The van der Waals surface area contributed by atoms with Crippen LogP contribution in [0.15, 0.2) is 0 Å². The number of rotatable bonds is 4. The SMILES string of the molecule is CC(C)C(C)COC(=O)OCN.